The molecule has 0 fully saturated rings. The van der Waals surface area contributed by atoms with Gasteiger partial charge in [-0.05, 0) is 54.1 Å². The van der Waals surface area contributed by atoms with Gasteiger partial charge >= 0.3 is 0 Å². The molecular weight excluding hydrogens is 579 g/mol. The molecule has 2 aromatic heterocycles. The van der Waals surface area contributed by atoms with E-state index in [0.29, 0.717) is 33.0 Å². The summed E-state index contributed by atoms with van der Waals surface area (Å²) in [6, 6.07) is 28.3. The maximum atomic E-state index is 14.2. The van der Waals surface area contributed by atoms with Crippen molar-refractivity contribution in [1.29, 1.82) is 0 Å². The summed E-state index contributed by atoms with van der Waals surface area (Å²) >= 11 is 1.39. The third-order valence-corrected chi connectivity index (χ3v) is 7.89. The number of methoxy groups -OCH3 is 1. The minimum Gasteiger partial charge on any atom is -0.497 e. The van der Waals surface area contributed by atoms with Gasteiger partial charge < -0.3 is 15.0 Å². The molecule has 0 aliphatic heterocycles. The van der Waals surface area contributed by atoms with Crippen LogP contribution in [0, 0.1) is 5.82 Å². The van der Waals surface area contributed by atoms with Gasteiger partial charge in [0.25, 0.3) is 5.91 Å². The van der Waals surface area contributed by atoms with Crippen LogP contribution in [0.25, 0.3) is 22.3 Å². The maximum Gasteiger partial charge on any atom is 0.251 e. The summed E-state index contributed by atoms with van der Waals surface area (Å²) in [5.41, 5.74) is 3.98. The van der Waals surface area contributed by atoms with Gasteiger partial charge in [-0.25, -0.2) is 14.1 Å². The summed E-state index contributed by atoms with van der Waals surface area (Å²) in [6.07, 6.45) is 0. The average Bonchev–Trinajstić information content (AvgIpc) is 3.70. The molecule has 0 bridgehead atoms. The van der Waals surface area contributed by atoms with Crippen LogP contribution >= 0.6 is 11.3 Å². The molecule has 0 aliphatic carbocycles. The molecule has 11 heteroatoms. The highest BCUT2D eigenvalue weighted by atomic mass is 32.1. The predicted molar refractivity (Wildman–Crippen MR) is 166 cm³/mol. The zero-order chi connectivity index (χ0) is 30.5. The van der Waals surface area contributed by atoms with Crippen molar-refractivity contribution in [2.75, 3.05) is 12.4 Å². The van der Waals surface area contributed by atoms with Crippen LogP contribution in [0.4, 0.5) is 10.1 Å². The van der Waals surface area contributed by atoms with Gasteiger partial charge in [-0.15, -0.1) is 16.4 Å². The van der Waals surface area contributed by atoms with E-state index in [-0.39, 0.29) is 13.1 Å². The molecule has 0 spiro atoms. The first kappa shape index (κ1) is 28.7. The fourth-order valence-corrected chi connectivity index (χ4v) is 5.65. The van der Waals surface area contributed by atoms with E-state index in [1.807, 2.05) is 60.0 Å². The molecule has 1 N–H and O–H groups in total. The maximum absolute atomic E-state index is 14.2. The standard InChI is InChI=1S/C33H27FN6O3S/c1-43-26-17-15-25(16-18-26)35-33(42)32(23-11-13-24(34)14-12-23)39(19-30-36-28(21-44-30)22-7-3-2-4-8-22)31(41)20-40-29-10-6-5-9-27(29)37-38-40/h2-18,21,32H,19-20H2,1H3,(H,35,42). The van der Waals surface area contributed by atoms with Crippen LogP contribution in [0.15, 0.2) is 109 Å². The molecule has 4 aromatic carbocycles. The second kappa shape index (κ2) is 12.8. The molecule has 1 atom stereocenters. The fourth-order valence-electron chi connectivity index (χ4n) is 4.85. The smallest absolute Gasteiger partial charge is 0.251 e. The lowest BCUT2D eigenvalue weighted by molar-refractivity contribution is -0.140. The number of nitrogens with zero attached hydrogens (tertiary/aromatic N) is 5. The number of anilines is 1. The Morgan fingerprint density at radius 3 is 2.43 bits per heavy atom. The Labute approximate surface area is 256 Å². The van der Waals surface area contributed by atoms with E-state index in [1.54, 1.807) is 31.4 Å². The van der Waals surface area contributed by atoms with Gasteiger partial charge in [0, 0.05) is 16.6 Å². The lowest BCUT2D eigenvalue weighted by Crippen LogP contribution is -2.42. The second-order valence-electron chi connectivity index (χ2n) is 9.92. The number of halogens is 1. The molecule has 0 radical (unpaired) electrons. The van der Waals surface area contributed by atoms with Gasteiger partial charge in [-0.1, -0.05) is 59.8 Å². The van der Waals surface area contributed by atoms with Crippen molar-refractivity contribution in [3.05, 3.63) is 125 Å². The van der Waals surface area contributed by atoms with Crippen LogP contribution in [0.1, 0.15) is 16.6 Å². The first-order valence-corrected chi connectivity index (χ1v) is 14.6. The van der Waals surface area contributed by atoms with Crippen LogP contribution in [-0.2, 0) is 22.7 Å². The highest BCUT2D eigenvalue weighted by Gasteiger charge is 2.33. The van der Waals surface area contributed by atoms with E-state index in [9.17, 15) is 14.0 Å². The van der Waals surface area contributed by atoms with Crippen LogP contribution in [0.3, 0.4) is 0 Å². The van der Waals surface area contributed by atoms with Crippen molar-refractivity contribution in [1.82, 2.24) is 24.9 Å². The van der Waals surface area contributed by atoms with Crippen molar-refractivity contribution in [3.8, 4) is 17.0 Å². The number of carbonyl (C=O) groups excluding carboxylic acids is 2. The topological polar surface area (TPSA) is 102 Å². The summed E-state index contributed by atoms with van der Waals surface area (Å²) in [6.45, 7) is -0.147. The Morgan fingerprint density at radius 1 is 0.955 bits per heavy atom. The van der Waals surface area contributed by atoms with E-state index in [2.05, 4.69) is 15.6 Å². The molecule has 2 heterocycles. The van der Waals surface area contributed by atoms with Crippen molar-refractivity contribution >= 4 is 39.9 Å². The number of thiazole rings is 1. The summed E-state index contributed by atoms with van der Waals surface area (Å²) < 4.78 is 20.8. The number of benzene rings is 4. The van der Waals surface area contributed by atoms with Crippen LogP contribution < -0.4 is 10.1 Å². The van der Waals surface area contributed by atoms with Gasteiger partial charge in [0.15, 0.2) is 0 Å². The molecule has 6 aromatic rings. The van der Waals surface area contributed by atoms with Crippen molar-refractivity contribution in [2.24, 2.45) is 0 Å². The number of ether oxygens (including phenoxy) is 1. The van der Waals surface area contributed by atoms with Crippen molar-refractivity contribution < 1.29 is 18.7 Å². The number of fused-ring (bicyclic) bond motifs is 1. The Balaban J connectivity index is 1.38. The molecule has 0 saturated heterocycles. The summed E-state index contributed by atoms with van der Waals surface area (Å²) in [5, 5.41) is 13.8. The average molecular weight is 607 g/mol. The number of nitrogens with one attached hydrogen (secondary N) is 1. The molecule has 1 unspecified atom stereocenters. The summed E-state index contributed by atoms with van der Waals surface area (Å²) in [7, 11) is 1.56. The van der Waals surface area contributed by atoms with Gasteiger partial charge in [-0.3, -0.25) is 9.59 Å². The molecule has 44 heavy (non-hydrogen) atoms. The van der Waals surface area contributed by atoms with Gasteiger partial charge in [0.1, 0.15) is 34.7 Å². The molecule has 220 valence electrons. The molecular formula is C33H27FN6O3S. The molecule has 6 rings (SSSR count). The Bertz CT molecular complexity index is 1890. The van der Waals surface area contributed by atoms with Crippen LogP contribution in [-0.4, -0.2) is 43.8 Å². The zero-order valence-corrected chi connectivity index (χ0v) is 24.4. The number of aromatic nitrogens is 4. The Kier molecular flexibility index (Phi) is 8.37. The zero-order valence-electron chi connectivity index (χ0n) is 23.6. The number of hydrogen-bond acceptors (Lipinski definition) is 7. The van der Waals surface area contributed by atoms with Gasteiger partial charge in [-0.2, -0.15) is 0 Å². The second-order valence-corrected chi connectivity index (χ2v) is 10.9. The number of amides is 2. The molecule has 9 nitrogen and oxygen atoms in total. The highest BCUT2D eigenvalue weighted by Crippen LogP contribution is 2.29. The normalized spacial score (nSPS) is 11.7. The summed E-state index contributed by atoms with van der Waals surface area (Å²) in [4.78, 5) is 34.5. The number of rotatable bonds is 10. The number of hydrogen-bond donors (Lipinski definition) is 1. The van der Waals surface area contributed by atoms with Crippen LogP contribution in [0.2, 0.25) is 0 Å². The lowest BCUT2D eigenvalue weighted by atomic mass is 10.0. The molecule has 0 aliphatic rings. The van der Waals surface area contributed by atoms with Gasteiger partial charge in [0.2, 0.25) is 5.91 Å². The minimum atomic E-state index is -1.12. The number of carbonyl (C=O) groups is 2. The molecule has 0 saturated carbocycles. The quantitative estimate of drug-likeness (QED) is 0.202. The van der Waals surface area contributed by atoms with Gasteiger partial charge in [0.05, 0.1) is 24.9 Å². The molecule has 2 amide bonds. The largest absolute Gasteiger partial charge is 0.497 e. The monoisotopic (exact) mass is 606 g/mol. The van der Waals surface area contributed by atoms with E-state index in [4.69, 9.17) is 9.72 Å². The highest BCUT2D eigenvalue weighted by molar-refractivity contribution is 7.09. The third-order valence-electron chi connectivity index (χ3n) is 7.06. The first-order valence-electron chi connectivity index (χ1n) is 13.8. The first-order chi connectivity index (χ1) is 21.5. The Hall–Kier alpha value is -5.42. The van der Waals surface area contributed by atoms with E-state index in [1.165, 1.54) is 45.2 Å². The third kappa shape index (κ3) is 6.32. The SMILES string of the molecule is COc1ccc(NC(=O)C(c2ccc(F)cc2)N(Cc2nc(-c3ccccc3)cs2)C(=O)Cn2nnc3ccccc32)cc1. The number of para-hydroxylation sites is 1. The van der Waals surface area contributed by atoms with E-state index < -0.39 is 23.7 Å². The van der Waals surface area contributed by atoms with Crippen LogP contribution in [0.5, 0.6) is 5.75 Å². The minimum absolute atomic E-state index is 0.0288. The van der Waals surface area contributed by atoms with E-state index >= 15 is 0 Å². The van der Waals surface area contributed by atoms with Crippen molar-refractivity contribution in [3.63, 3.8) is 0 Å². The predicted octanol–water partition coefficient (Wildman–Crippen LogP) is 6.11. The Morgan fingerprint density at radius 2 is 1.68 bits per heavy atom. The fraction of sp³-hybridized carbons (Fsp3) is 0.121. The lowest BCUT2D eigenvalue weighted by Gasteiger charge is -2.31. The van der Waals surface area contributed by atoms with E-state index in [0.717, 1.165) is 11.3 Å². The summed E-state index contributed by atoms with van der Waals surface area (Å²) in [5.74, 6) is -0.690. The van der Waals surface area contributed by atoms with Crippen molar-refractivity contribution in [2.45, 2.75) is 19.1 Å².